The van der Waals surface area contributed by atoms with Crippen LogP contribution in [0.2, 0.25) is 5.02 Å². The monoisotopic (exact) mass is 339 g/mol. The molecule has 0 aliphatic carbocycles. The van der Waals surface area contributed by atoms with Crippen molar-refractivity contribution >= 4 is 39.3 Å². The standard InChI is InChI=1S/C13H11BrClN3O/c1-8-4-12(17-7-16-8)18-13(19)6-9-5-10(15)2-3-11(9)14/h2-5,7H,6H2,1H3,(H,16,17,18,19). The van der Waals surface area contributed by atoms with Crippen LogP contribution in [0.1, 0.15) is 11.3 Å². The van der Waals surface area contributed by atoms with Crippen LogP contribution in [0.15, 0.2) is 35.1 Å². The van der Waals surface area contributed by atoms with Crippen molar-refractivity contribution in [1.82, 2.24) is 9.97 Å². The fraction of sp³-hybridized carbons (Fsp3) is 0.154. The number of hydrogen-bond acceptors (Lipinski definition) is 3. The molecule has 0 aliphatic rings. The molecular formula is C13H11BrClN3O. The van der Waals surface area contributed by atoms with Gasteiger partial charge in [0.25, 0.3) is 0 Å². The van der Waals surface area contributed by atoms with Crippen LogP contribution in [0.4, 0.5) is 5.82 Å². The van der Waals surface area contributed by atoms with E-state index >= 15 is 0 Å². The van der Waals surface area contributed by atoms with Gasteiger partial charge in [-0.05, 0) is 30.7 Å². The van der Waals surface area contributed by atoms with Crippen molar-refractivity contribution in [3.05, 3.63) is 51.3 Å². The summed E-state index contributed by atoms with van der Waals surface area (Å²) in [7, 11) is 0. The highest BCUT2D eigenvalue weighted by molar-refractivity contribution is 9.10. The third-order valence-electron chi connectivity index (χ3n) is 2.43. The van der Waals surface area contributed by atoms with Crippen LogP contribution in [0, 0.1) is 6.92 Å². The molecule has 0 unspecified atom stereocenters. The summed E-state index contributed by atoms with van der Waals surface area (Å²) in [6.45, 7) is 1.84. The molecule has 1 amide bonds. The average Bonchev–Trinajstić information content (AvgIpc) is 2.34. The summed E-state index contributed by atoms with van der Waals surface area (Å²) in [6, 6.07) is 7.06. The SMILES string of the molecule is Cc1cc(NC(=O)Cc2cc(Cl)ccc2Br)ncn1. The number of aryl methyl sites for hydroxylation is 1. The lowest BCUT2D eigenvalue weighted by atomic mass is 10.1. The van der Waals surface area contributed by atoms with E-state index in [0.29, 0.717) is 10.8 Å². The maximum Gasteiger partial charge on any atom is 0.229 e. The number of hydrogen-bond donors (Lipinski definition) is 1. The smallest absolute Gasteiger partial charge is 0.229 e. The van der Waals surface area contributed by atoms with Gasteiger partial charge in [0.2, 0.25) is 5.91 Å². The number of aromatic nitrogens is 2. The highest BCUT2D eigenvalue weighted by Gasteiger charge is 2.08. The molecule has 0 saturated heterocycles. The Labute approximate surface area is 124 Å². The van der Waals surface area contributed by atoms with Crippen LogP contribution in [0.3, 0.4) is 0 Å². The number of halogens is 2. The highest BCUT2D eigenvalue weighted by atomic mass is 79.9. The predicted molar refractivity (Wildman–Crippen MR) is 78.3 cm³/mol. The molecule has 0 atom stereocenters. The van der Waals surface area contributed by atoms with Crippen molar-refractivity contribution in [2.24, 2.45) is 0 Å². The van der Waals surface area contributed by atoms with Gasteiger partial charge in [0, 0.05) is 21.3 Å². The summed E-state index contributed by atoms with van der Waals surface area (Å²) in [5.41, 5.74) is 1.63. The van der Waals surface area contributed by atoms with Crippen molar-refractivity contribution in [3.8, 4) is 0 Å². The molecule has 0 saturated carbocycles. The highest BCUT2D eigenvalue weighted by Crippen LogP contribution is 2.21. The lowest BCUT2D eigenvalue weighted by Crippen LogP contribution is -2.15. The van der Waals surface area contributed by atoms with E-state index in [1.165, 1.54) is 6.33 Å². The van der Waals surface area contributed by atoms with Gasteiger partial charge in [-0.25, -0.2) is 9.97 Å². The molecule has 19 heavy (non-hydrogen) atoms. The van der Waals surface area contributed by atoms with Gasteiger partial charge in [-0.2, -0.15) is 0 Å². The van der Waals surface area contributed by atoms with Gasteiger partial charge in [-0.1, -0.05) is 27.5 Å². The molecule has 0 radical (unpaired) electrons. The lowest BCUT2D eigenvalue weighted by molar-refractivity contribution is -0.115. The van der Waals surface area contributed by atoms with Crippen molar-refractivity contribution < 1.29 is 4.79 Å². The molecule has 1 N–H and O–H groups in total. The second-order valence-corrected chi connectivity index (χ2v) is 5.30. The first-order chi connectivity index (χ1) is 9.04. The molecule has 1 aromatic heterocycles. The van der Waals surface area contributed by atoms with Gasteiger partial charge >= 0.3 is 0 Å². The second kappa shape index (κ2) is 6.12. The van der Waals surface area contributed by atoms with Crippen LogP contribution < -0.4 is 5.32 Å². The first-order valence-corrected chi connectivity index (χ1v) is 6.74. The average molecular weight is 341 g/mol. The zero-order valence-corrected chi connectivity index (χ0v) is 12.5. The van der Waals surface area contributed by atoms with Crippen molar-refractivity contribution in [3.63, 3.8) is 0 Å². The number of amides is 1. The molecule has 0 fully saturated rings. The van der Waals surface area contributed by atoms with Gasteiger partial charge in [0.1, 0.15) is 12.1 Å². The lowest BCUT2D eigenvalue weighted by Gasteiger charge is -2.06. The largest absolute Gasteiger partial charge is 0.310 e. The molecule has 0 spiro atoms. The van der Waals surface area contributed by atoms with Crippen LogP contribution >= 0.6 is 27.5 Å². The topological polar surface area (TPSA) is 54.9 Å². The maximum atomic E-state index is 11.9. The molecule has 4 nitrogen and oxygen atoms in total. The van der Waals surface area contributed by atoms with Crippen LogP contribution in [0.5, 0.6) is 0 Å². The zero-order chi connectivity index (χ0) is 13.8. The molecule has 98 valence electrons. The maximum absolute atomic E-state index is 11.9. The predicted octanol–water partition coefficient (Wildman–Crippen LogP) is 3.38. The summed E-state index contributed by atoms with van der Waals surface area (Å²) < 4.78 is 0.853. The molecule has 1 aromatic carbocycles. The van der Waals surface area contributed by atoms with Crippen LogP contribution in [-0.2, 0) is 11.2 Å². The zero-order valence-electron chi connectivity index (χ0n) is 10.2. The number of carbonyl (C=O) groups excluding carboxylic acids is 1. The fourth-order valence-corrected chi connectivity index (χ4v) is 2.14. The molecule has 0 aliphatic heterocycles. The first kappa shape index (κ1) is 14.0. The Balaban J connectivity index is 2.07. The second-order valence-electron chi connectivity index (χ2n) is 4.01. The first-order valence-electron chi connectivity index (χ1n) is 5.57. The Morgan fingerprint density at radius 1 is 1.37 bits per heavy atom. The van der Waals surface area contributed by atoms with E-state index in [0.717, 1.165) is 15.7 Å². The van der Waals surface area contributed by atoms with E-state index in [2.05, 4.69) is 31.2 Å². The summed E-state index contributed by atoms with van der Waals surface area (Å²) in [5, 5.41) is 3.32. The number of rotatable bonds is 3. The van der Waals surface area contributed by atoms with Gasteiger partial charge in [-0.15, -0.1) is 0 Å². The summed E-state index contributed by atoms with van der Waals surface area (Å²) in [5.74, 6) is 0.344. The van der Waals surface area contributed by atoms with Gasteiger partial charge in [0.05, 0.1) is 6.42 Å². The van der Waals surface area contributed by atoms with E-state index in [1.54, 1.807) is 18.2 Å². The van der Waals surface area contributed by atoms with Gasteiger partial charge in [0.15, 0.2) is 0 Å². The van der Waals surface area contributed by atoms with E-state index < -0.39 is 0 Å². The van der Waals surface area contributed by atoms with E-state index in [4.69, 9.17) is 11.6 Å². The Morgan fingerprint density at radius 2 is 2.16 bits per heavy atom. The Hall–Kier alpha value is -1.46. The van der Waals surface area contributed by atoms with E-state index in [1.807, 2.05) is 13.0 Å². The Bertz CT molecular complexity index is 619. The summed E-state index contributed by atoms with van der Waals surface area (Å²) in [6.07, 6.45) is 1.64. The molecular weight excluding hydrogens is 330 g/mol. The van der Waals surface area contributed by atoms with Crippen LogP contribution in [0.25, 0.3) is 0 Å². The van der Waals surface area contributed by atoms with Crippen molar-refractivity contribution in [1.29, 1.82) is 0 Å². The van der Waals surface area contributed by atoms with Crippen molar-refractivity contribution in [2.75, 3.05) is 5.32 Å². The summed E-state index contributed by atoms with van der Waals surface area (Å²) >= 11 is 9.30. The fourth-order valence-electron chi connectivity index (χ4n) is 1.56. The molecule has 6 heteroatoms. The normalized spacial score (nSPS) is 10.3. The minimum absolute atomic E-state index is 0.152. The molecule has 1 heterocycles. The molecule has 2 aromatic rings. The van der Waals surface area contributed by atoms with Crippen LogP contribution in [-0.4, -0.2) is 15.9 Å². The quantitative estimate of drug-likeness (QED) is 0.932. The van der Waals surface area contributed by atoms with E-state index in [-0.39, 0.29) is 12.3 Å². The third kappa shape index (κ3) is 4.01. The third-order valence-corrected chi connectivity index (χ3v) is 3.44. The molecule has 2 rings (SSSR count). The number of nitrogens with zero attached hydrogens (tertiary/aromatic N) is 2. The number of anilines is 1. The van der Waals surface area contributed by atoms with E-state index in [9.17, 15) is 4.79 Å². The minimum Gasteiger partial charge on any atom is -0.310 e. The Morgan fingerprint density at radius 3 is 2.89 bits per heavy atom. The number of carbonyl (C=O) groups is 1. The number of benzene rings is 1. The summed E-state index contributed by atoms with van der Waals surface area (Å²) in [4.78, 5) is 19.9. The minimum atomic E-state index is -0.152. The number of nitrogens with one attached hydrogen (secondary N) is 1. The Kier molecular flexibility index (Phi) is 4.50. The van der Waals surface area contributed by atoms with Crippen molar-refractivity contribution in [2.45, 2.75) is 13.3 Å². The molecule has 0 bridgehead atoms. The van der Waals surface area contributed by atoms with Gasteiger partial charge < -0.3 is 5.32 Å². The van der Waals surface area contributed by atoms with Gasteiger partial charge in [-0.3, -0.25) is 4.79 Å².